The van der Waals surface area contributed by atoms with Crippen molar-refractivity contribution in [2.75, 3.05) is 33.0 Å². The first-order valence-electron chi connectivity index (χ1n) is 6.50. The first-order chi connectivity index (χ1) is 9.55. The van der Waals surface area contributed by atoms with Gasteiger partial charge in [-0.05, 0) is 19.1 Å². The fourth-order valence-corrected chi connectivity index (χ4v) is 1.54. The molecule has 20 heavy (non-hydrogen) atoms. The Morgan fingerprint density at radius 1 is 1.10 bits per heavy atom. The number of hydrogen-bond donors (Lipinski definition) is 5. The van der Waals surface area contributed by atoms with Crippen molar-refractivity contribution in [2.45, 2.75) is 18.6 Å². The zero-order chi connectivity index (χ0) is 15.0. The van der Waals surface area contributed by atoms with Gasteiger partial charge in [0.15, 0.2) is 0 Å². The molecule has 0 heterocycles. The second kappa shape index (κ2) is 8.18. The lowest BCUT2D eigenvalue weighted by Gasteiger charge is -2.29. The number of aliphatic hydroxyl groups excluding tert-OH is 4. The van der Waals surface area contributed by atoms with Crippen LogP contribution in [0.25, 0.3) is 0 Å². The Bertz CT molecular complexity index is 369. The van der Waals surface area contributed by atoms with Gasteiger partial charge in [-0.3, -0.25) is 0 Å². The first-order valence-corrected chi connectivity index (χ1v) is 6.50. The summed E-state index contributed by atoms with van der Waals surface area (Å²) < 4.78 is 5.41. The molecule has 1 rings (SSSR count). The van der Waals surface area contributed by atoms with E-state index in [1.54, 1.807) is 0 Å². The van der Waals surface area contributed by atoms with Crippen LogP contribution in [0.4, 0.5) is 0 Å². The number of aliphatic hydroxyl groups is 4. The molecule has 0 radical (unpaired) electrons. The summed E-state index contributed by atoms with van der Waals surface area (Å²) in [7, 11) is 0. The van der Waals surface area contributed by atoms with Gasteiger partial charge in [-0.25, -0.2) is 0 Å². The highest BCUT2D eigenvalue weighted by molar-refractivity contribution is 5.26. The van der Waals surface area contributed by atoms with Crippen molar-refractivity contribution in [1.29, 1.82) is 0 Å². The molecule has 1 aromatic carbocycles. The van der Waals surface area contributed by atoms with E-state index in [9.17, 15) is 5.11 Å². The Labute approximate surface area is 118 Å². The highest BCUT2D eigenvalue weighted by atomic mass is 16.5. The minimum Gasteiger partial charge on any atom is -0.491 e. The Kier molecular flexibility index (Phi) is 6.90. The molecule has 0 amide bonds. The van der Waals surface area contributed by atoms with Crippen molar-refractivity contribution in [3.8, 4) is 5.75 Å². The highest BCUT2D eigenvalue weighted by Crippen LogP contribution is 2.11. The summed E-state index contributed by atoms with van der Waals surface area (Å²) in [5.41, 5.74) is -0.0663. The quantitative estimate of drug-likeness (QED) is 0.400. The molecule has 0 bridgehead atoms. The zero-order valence-corrected chi connectivity index (χ0v) is 11.6. The van der Waals surface area contributed by atoms with Crippen LogP contribution in [0.5, 0.6) is 5.75 Å². The van der Waals surface area contributed by atoms with Gasteiger partial charge in [0.1, 0.15) is 18.5 Å². The number of nitrogens with one attached hydrogen (secondary N) is 1. The molecule has 6 heteroatoms. The van der Waals surface area contributed by atoms with Crippen molar-refractivity contribution in [1.82, 2.24) is 5.32 Å². The molecule has 0 aromatic heterocycles. The first kappa shape index (κ1) is 16.9. The van der Waals surface area contributed by atoms with Crippen LogP contribution in [-0.2, 0) is 0 Å². The molecule has 0 saturated heterocycles. The summed E-state index contributed by atoms with van der Waals surface area (Å²) in [6.07, 6.45) is -0.819. The molecule has 114 valence electrons. The number of ether oxygens (including phenoxy) is 1. The third-order valence-corrected chi connectivity index (χ3v) is 3.08. The van der Waals surface area contributed by atoms with Crippen molar-refractivity contribution in [2.24, 2.45) is 0 Å². The molecule has 0 aliphatic heterocycles. The summed E-state index contributed by atoms with van der Waals surface area (Å²) in [6, 6.07) is 7.45. The van der Waals surface area contributed by atoms with E-state index in [-0.39, 0.29) is 13.2 Å². The van der Waals surface area contributed by atoms with Gasteiger partial charge < -0.3 is 30.5 Å². The fourth-order valence-electron chi connectivity index (χ4n) is 1.54. The second-order valence-corrected chi connectivity index (χ2v) is 4.91. The smallest absolute Gasteiger partial charge is 0.119 e. The maximum atomic E-state index is 9.78. The average Bonchev–Trinajstić information content (AvgIpc) is 2.48. The maximum absolute atomic E-state index is 9.78. The molecule has 0 aliphatic carbocycles. The normalized spacial score (nSPS) is 13.2. The number of aryl methyl sites for hydroxylation is 1. The van der Waals surface area contributed by atoms with Gasteiger partial charge in [-0.1, -0.05) is 17.7 Å². The van der Waals surface area contributed by atoms with Crippen LogP contribution in [0.3, 0.4) is 0 Å². The Hall–Kier alpha value is -1.18. The van der Waals surface area contributed by atoms with Crippen molar-refractivity contribution < 1.29 is 25.2 Å². The lowest BCUT2D eigenvalue weighted by Crippen LogP contribution is -2.57. The molecule has 1 unspecified atom stereocenters. The number of hydrogen-bond acceptors (Lipinski definition) is 6. The third kappa shape index (κ3) is 5.07. The van der Waals surface area contributed by atoms with Crippen LogP contribution in [0.1, 0.15) is 5.56 Å². The molecule has 0 spiro atoms. The predicted molar refractivity (Wildman–Crippen MR) is 74.7 cm³/mol. The topological polar surface area (TPSA) is 102 Å². The van der Waals surface area contributed by atoms with E-state index in [1.165, 1.54) is 0 Å². The predicted octanol–water partition coefficient (Wildman–Crippen LogP) is -0.960. The lowest BCUT2D eigenvalue weighted by molar-refractivity contribution is 0.0261. The second-order valence-electron chi connectivity index (χ2n) is 4.91. The summed E-state index contributed by atoms with van der Waals surface area (Å²) in [5, 5.41) is 39.9. The zero-order valence-electron chi connectivity index (χ0n) is 11.6. The van der Waals surface area contributed by atoms with Crippen LogP contribution in [0.2, 0.25) is 0 Å². The van der Waals surface area contributed by atoms with Crippen LogP contribution in [0, 0.1) is 6.92 Å². The van der Waals surface area contributed by atoms with E-state index < -0.39 is 31.5 Å². The van der Waals surface area contributed by atoms with E-state index in [1.807, 2.05) is 31.2 Å². The third-order valence-electron chi connectivity index (χ3n) is 3.08. The van der Waals surface area contributed by atoms with Gasteiger partial charge >= 0.3 is 0 Å². The maximum Gasteiger partial charge on any atom is 0.119 e. The minimum absolute atomic E-state index is 0.0778. The van der Waals surface area contributed by atoms with Crippen LogP contribution >= 0.6 is 0 Å². The number of rotatable bonds is 9. The fraction of sp³-hybridized carbons (Fsp3) is 0.571. The minimum atomic E-state index is -1.19. The SMILES string of the molecule is Cc1ccc(OCC(O)CNC(CO)(CO)CO)cc1. The van der Waals surface area contributed by atoms with Crippen molar-refractivity contribution in [3.63, 3.8) is 0 Å². The van der Waals surface area contributed by atoms with Gasteiger partial charge in [-0.15, -0.1) is 0 Å². The van der Waals surface area contributed by atoms with Gasteiger partial charge in [0.2, 0.25) is 0 Å². The molecule has 0 saturated carbocycles. The Balaban J connectivity index is 2.36. The van der Waals surface area contributed by atoms with E-state index in [2.05, 4.69) is 5.32 Å². The molecule has 5 N–H and O–H groups in total. The summed E-state index contributed by atoms with van der Waals surface area (Å²) in [4.78, 5) is 0. The number of β-amino-alcohol motifs (C(OH)–C–C–N with tert-alkyl or cyclic N) is 1. The van der Waals surface area contributed by atoms with Crippen molar-refractivity contribution >= 4 is 0 Å². The summed E-state index contributed by atoms with van der Waals surface area (Å²) in [5.74, 6) is 0.660. The molecule has 1 atom stereocenters. The largest absolute Gasteiger partial charge is 0.491 e. The van der Waals surface area contributed by atoms with Crippen molar-refractivity contribution in [3.05, 3.63) is 29.8 Å². The molecule has 0 aliphatic rings. The molecule has 0 fully saturated rings. The molecule has 6 nitrogen and oxygen atoms in total. The Morgan fingerprint density at radius 2 is 1.65 bits per heavy atom. The van der Waals surface area contributed by atoms with Gasteiger partial charge in [0.25, 0.3) is 0 Å². The van der Waals surface area contributed by atoms with E-state index in [0.717, 1.165) is 5.56 Å². The highest BCUT2D eigenvalue weighted by Gasteiger charge is 2.28. The van der Waals surface area contributed by atoms with Crippen LogP contribution < -0.4 is 10.1 Å². The van der Waals surface area contributed by atoms with E-state index >= 15 is 0 Å². The van der Waals surface area contributed by atoms with Gasteiger partial charge in [-0.2, -0.15) is 0 Å². The number of benzene rings is 1. The standard InChI is InChI=1S/C14H23NO5/c1-11-2-4-13(5-3-11)20-7-12(19)6-15-14(8-16,9-17)10-18/h2-5,12,15-19H,6-10H2,1H3. The van der Waals surface area contributed by atoms with E-state index in [4.69, 9.17) is 20.1 Å². The van der Waals surface area contributed by atoms with Crippen LogP contribution in [-0.4, -0.2) is 65.0 Å². The van der Waals surface area contributed by atoms with E-state index in [0.29, 0.717) is 5.75 Å². The lowest BCUT2D eigenvalue weighted by atomic mass is 10.0. The van der Waals surface area contributed by atoms with Gasteiger partial charge in [0, 0.05) is 6.54 Å². The molecular formula is C14H23NO5. The van der Waals surface area contributed by atoms with Crippen LogP contribution in [0.15, 0.2) is 24.3 Å². The molecular weight excluding hydrogens is 262 g/mol. The Morgan fingerprint density at radius 3 is 2.15 bits per heavy atom. The average molecular weight is 285 g/mol. The van der Waals surface area contributed by atoms with Gasteiger partial charge in [0.05, 0.1) is 25.4 Å². The molecule has 1 aromatic rings. The summed E-state index contributed by atoms with van der Waals surface area (Å²) >= 11 is 0. The summed E-state index contributed by atoms with van der Waals surface area (Å²) in [6.45, 7) is 0.866. The monoisotopic (exact) mass is 285 g/mol.